The molecule has 19 heavy (non-hydrogen) atoms. The summed E-state index contributed by atoms with van der Waals surface area (Å²) in [6.45, 7) is 15.2. The normalized spacial score (nSPS) is 24.2. The molecule has 1 heterocycles. The van der Waals surface area contributed by atoms with Crippen LogP contribution in [-0.2, 0) is 0 Å². The Labute approximate surface area is 122 Å². The zero-order valence-corrected chi connectivity index (χ0v) is 14.6. The third kappa shape index (κ3) is 3.89. The average molecular weight is 290 g/mol. The molecule has 1 aliphatic rings. The molecular formula is C16H35NOS. The number of aliphatic hydroxyl groups excluding tert-OH is 1. The molecule has 0 amide bonds. The Morgan fingerprint density at radius 1 is 1.00 bits per heavy atom. The zero-order chi connectivity index (χ0) is 14.6. The van der Waals surface area contributed by atoms with Crippen LogP contribution in [0.25, 0.3) is 0 Å². The fourth-order valence-corrected chi connectivity index (χ4v) is 9.07. The molecule has 0 spiro atoms. The van der Waals surface area contributed by atoms with Crippen LogP contribution < -0.4 is 5.32 Å². The molecule has 1 rings (SSSR count). The smallest absolute Gasteiger partial charge is 0.0769 e. The van der Waals surface area contributed by atoms with Gasteiger partial charge < -0.3 is 10.4 Å². The summed E-state index contributed by atoms with van der Waals surface area (Å²) in [5.74, 6) is 1.01. The van der Waals surface area contributed by atoms with Crippen molar-refractivity contribution in [1.82, 2.24) is 5.32 Å². The molecule has 0 aromatic carbocycles. The molecule has 2 unspecified atom stereocenters. The van der Waals surface area contributed by atoms with Gasteiger partial charge in [-0.05, 0) is 35.1 Å². The maximum absolute atomic E-state index is 10.7. The summed E-state index contributed by atoms with van der Waals surface area (Å²) in [5.41, 5.74) is 0. The summed E-state index contributed by atoms with van der Waals surface area (Å²) in [5, 5.41) is 16.3. The van der Waals surface area contributed by atoms with E-state index in [0.29, 0.717) is 21.8 Å². The van der Waals surface area contributed by atoms with Crippen molar-refractivity contribution in [3.05, 3.63) is 0 Å². The Morgan fingerprint density at radius 2 is 1.53 bits per heavy atom. The van der Waals surface area contributed by atoms with Gasteiger partial charge in [0.2, 0.25) is 0 Å². The molecule has 0 saturated carbocycles. The second-order valence-electron chi connectivity index (χ2n) is 6.84. The fourth-order valence-electron chi connectivity index (χ4n) is 3.83. The molecule has 0 radical (unpaired) electrons. The molecular weight excluding hydrogens is 254 g/mol. The molecule has 1 saturated heterocycles. The third-order valence-electron chi connectivity index (χ3n) is 4.91. The van der Waals surface area contributed by atoms with Gasteiger partial charge in [-0.25, -0.2) is 10.0 Å². The van der Waals surface area contributed by atoms with Crippen molar-refractivity contribution >= 4 is 10.0 Å². The van der Waals surface area contributed by atoms with Crippen LogP contribution in [0.5, 0.6) is 0 Å². The number of aliphatic hydroxyl groups is 1. The minimum absolute atomic E-state index is 0.164. The summed E-state index contributed by atoms with van der Waals surface area (Å²) in [7, 11) is -0.785. The van der Waals surface area contributed by atoms with Crippen molar-refractivity contribution < 1.29 is 5.11 Å². The molecule has 3 heteroatoms. The van der Waals surface area contributed by atoms with E-state index in [1.165, 1.54) is 12.8 Å². The molecule has 0 aromatic heterocycles. The van der Waals surface area contributed by atoms with Crippen LogP contribution in [0, 0.1) is 0 Å². The lowest BCUT2D eigenvalue weighted by Gasteiger charge is -2.53. The predicted molar refractivity (Wildman–Crippen MR) is 89.5 cm³/mol. The highest BCUT2D eigenvalue weighted by atomic mass is 32.3. The zero-order valence-electron chi connectivity index (χ0n) is 13.8. The Kier molecular flexibility index (Phi) is 6.68. The summed E-state index contributed by atoms with van der Waals surface area (Å²) in [4.78, 5) is 0. The highest BCUT2D eigenvalue weighted by molar-refractivity contribution is 8.35. The fraction of sp³-hybridized carbons (Fsp3) is 1.00. The number of hydrogen-bond donors (Lipinski definition) is 2. The first-order chi connectivity index (χ1) is 8.82. The lowest BCUT2D eigenvalue weighted by atomic mass is 10.0. The molecule has 0 aliphatic carbocycles. The average Bonchev–Trinajstić information content (AvgIpc) is 2.35. The van der Waals surface area contributed by atoms with Crippen molar-refractivity contribution in [2.75, 3.05) is 12.3 Å². The third-order valence-corrected chi connectivity index (χ3v) is 11.1. The van der Waals surface area contributed by atoms with Crippen LogP contribution >= 0.6 is 10.0 Å². The predicted octanol–water partition coefficient (Wildman–Crippen LogP) is 3.52. The Bertz CT molecular complexity index is 238. The minimum Gasteiger partial charge on any atom is -0.391 e. The molecule has 2 nitrogen and oxygen atoms in total. The Morgan fingerprint density at radius 3 is 1.89 bits per heavy atom. The van der Waals surface area contributed by atoms with E-state index in [1.807, 2.05) is 0 Å². The number of hydrogen-bond acceptors (Lipinski definition) is 2. The quantitative estimate of drug-likeness (QED) is 0.784. The van der Waals surface area contributed by atoms with E-state index in [4.69, 9.17) is 0 Å². The lowest BCUT2D eigenvalue weighted by molar-refractivity contribution is 0.133. The van der Waals surface area contributed by atoms with Crippen LogP contribution in [0.15, 0.2) is 0 Å². The van der Waals surface area contributed by atoms with Crippen LogP contribution in [-0.4, -0.2) is 45.3 Å². The van der Waals surface area contributed by atoms with Crippen LogP contribution in [0.1, 0.15) is 60.8 Å². The summed E-state index contributed by atoms with van der Waals surface area (Å²) < 4.78 is 0. The van der Waals surface area contributed by atoms with Crippen LogP contribution in [0.4, 0.5) is 0 Å². The van der Waals surface area contributed by atoms with E-state index in [9.17, 15) is 5.11 Å². The standard InChI is InChI=1S/C16H35NOS/c1-12(2)19(13(3)4,14(5)6)11-16(18)15-9-7-8-10-17-15/h12-18H,7-11H2,1-6H3. The van der Waals surface area contributed by atoms with Gasteiger partial charge in [0.1, 0.15) is 0 Å². The summed E-state index contributed by atoms with van der Waals surface area (Å²) >= 11 is 0. The molecule has 116 valence electrons. The molecule has 2 N–H and O–H groups in total. The van der Waals surface area contributed by atoms with E-state index in [-0.39, 0.29) is 6.10 Å². The summed E-state index contributed by atoms with van der Waals surface area (Å²) in [6.07, 6.45) is 3.51. The molecule has 2 atom stereocenters. The minimum atomic E-state index is -0.785. The first kappa shape index (κ1) is 17.3. The molecule has 1 fully saturated rings. The van der Waals surface area contributed by atoms with Gasteiger partial charge in [0.05, 0.1) is 6.10 Å². The Balaban J connectivity index is 2.81. The van der Waals surface area contributed by atoms with Crippen molar-refractivity contribution in [3.8, 4) is 0 Å². The first-order valence-electron chi connectivity index (χ1n) is 8.01. The Hall–Kier alpha value is 0.270. The molecule has 0 aromatic rings. The largest absolute Gasteiger partial charge is 0.391 e. The van der Waals surface area contributed by atoms with E-state index in [2.05, 4.69) is 46.9 Å². The second kappa shape index (κ2) is 7.33. The second-order valence-corrected chi connectivity index (χ2v) is 11.8. The van der Waals surface area contributed by atoms with Crippen molar-refractivity contribution in [1.29, 1.82) is 0 Å². The lowest BCUT2D eigenvalue weighted by Crippen LogP contribution is -2.48. The van der Waals surface area contributed by atoms with E-state index < -0.39 is 10.0 Å². The van der Waals surface area contributed by atoms with Gasteiger partial charge in [-0.3, -0.25) is 0 Å². The van der Waals surface area contributed by atoms with Gasteiger partial charge in [-0.1, -0.05) is 48.0 Å². The van der Waals surface area contributed by atoms with Crippen LogP contribution in [0.3, 0.4) is 0 Å². The van der Waals surface area contributed by atoms with E-state index >= 15 is 0 Å². The van der Waals surface area contributed by atoms with Gasteiger partial charge >= 0.3 is 0 Å². The van der Waals surface area contributed by atoms with Gasteiger partial charge in [0, 0.05) is 11.8 Å². The van der Waals surface area contributed by atoms with Crippen LogP contribution in [0.2, 0.25) is 0 Å². The van der Waals surface area contributed by atoms with E-state index in [1.54, 1.807) is 0 Å². The highest BCUT2D eigenvalue weighted by Crippen LogP contribution is 2.60. The van der Waals surface area contributed by atoms with Crippen molar-refractivity contribution in [2.24, 2.45) is 0 Å². The maximum atomic E-state index is 10.7. The number of nitrogens with one attached hydrogen (secondary N) is 1. The van der Waals surface area contributed by atoms with Gasteiger partial charge in [-0.15, -0.1) is 0 Å². The molecule has 0 bridgehead atoms. The molecule has 1 aliphatic heterocycles. The SMILES string of the molecule is CC(C)S(CC(O)C1CCCCN1)(C(C)C)C(C)C. The van der Waals surface area contributed by atoms with E-state index in [0.717, 1.165) is 18.7 Å². The number of rotatable bonds is 6. The van der Waals surface area contributed by atoms with Gasteiger partial charge in [0.15, 0.2) is 0 Å². The summed E-state index contributed by atoms with van der Waals surface area (Å²) in [6, 6.07) is 0.330. The van der Waals surface area contributed by atoms with Gasteiger partial charge in [0.25, 0.3) is 0 Å². The topological polar surface area (TPSA) is 32.3 Å². The number of piperidine rings is 1. The van der Waals surface area contributed by atoms with Gasteiger partial charge in [-0.2, -0.15) is 0 Å². The maximum Gasteiger partial charge on any atom is 0.0769 e. The van der Waals surface area contributed by atoms with Crippen molar-refractivity contribution in [2.45, 2.75) is 88.7 Å². The first-order valence-corrected chi connectivity index (χ1v) is 10.0. The van der Waals surface area contributed by atoms with Crippen molar-refractivity contribution in [3.63, 3.8) is 0 Å². The highest BCUT2D eigenvalue weighted by Gasteiger charge is 2.38. The monoisotopic (exact) mass is 289 g/mol.